The van der Waals surface area contributed by atoms with E-state index in [1.54, 1.807) is 37.4 Å². The van der Waals surface area contributed by atoms with Crippen LogP contribution in [0.5, 0.6) is 17.4 Å². The number of benzene rings is 1. The van der Waals surface area contributed by atoms with Crippen LogP contribution in [0, 0.1) is 6.92 Å². The molecule has 3 aromatic rings. The summed E-state index contributed by atoms with van der Waals surface area (Å²) in [4.78, 5) is 20.3. The molecule has 2 aromatic heterocycles. The van der Waals surface area contributed by atoms with Crippen molar-refractivity contribution in [1.82, 2.24) is 9.97 Å². The zero-order valence-electron chi connectivity index (χ0n) is 14.2. The summed E-state index contributed by atoms with van der Waals surface area (Å²) in [5, 5.41) is 2.96. The molecule has 0 aliphatic heterocycles. The van der Waals surface area contributed by atoms with Crippen LogP contribution in [0.3, 0.4) is 0 Å². The van der Waals surface area contributed by atoms with E-state index in [0.717, 1.165) is 5.56 Å². The standard InChI is InChI=1S/C19H16ClN3O3/c1-12-6-8-15(16(10-12)25-2)26-18-9-7-13(11-21-18)22-19(24)14-4-3-5-17(20)23-14/h3-11H,1-2H3,(H,22,24). The SMILES string of the molecule is COc1cc(C)ccc1Oc1ccc(NC(=O)c2cccc(Cl)n2)cn1. The molecule has 132 valence electrons. The number of rotatable bonds is 5. The number of halogens is 1. The van der Waals surface area contributed by atoms with E-state index < -0.39 is 0 Å². The van der Waals surface area contributed by atoms with Crippen LogP contribution in [0.15, 0.2) is 54.7 Å². The molecule has 0 saturated carbocycles. The van der Waals surface area contributed by atoms with Gasteiger partial charge in [0.2, 0.25) is 5.88 Å². The monoisotopic (exact) mass is 369 g/mol. The lowest BCUT2D eigenvalue weighted by Crippen LogP contribution is -2.13. The number of hydrogen-bond acceptors (Lipinski definition) is 5. The quantitative estimate of drug-likeness (QED) is 0.671. The van der Waals surface area contributed by atoms with Crippen LogP contribution in [0.2, 0.25) is 5.15 Å². The molecule has 0 radical (unpaired) electrons. The number of amides is 1. The van der Waals surface area contributed by atoms with Crippen molar-refractivity contribution in [2.75, 3.05) is 12.4 Å². The highest BCUT2D eigenvalue weighted by atomic mass is 35.5. The van der Waals surface area contributed by atoms with Gasteiger partial charge in [0, 0.05) is 6.07 Å². The minimum atomic E-state index is -0.372. The average Bonchev–Trinajstić information content (AvgIpc) is 2.64. The average molecular weight is 370 g/mol. The molecule has 2 heterocycles. The Hall–Kier alpha value is -3.12. The molecule has 0 aliphatic carbocycles. The van der Waals surface area contributed by atoms with Crippen molar-refractivity contribution in [3.63, 3.8) is 0 Å². The molecule has 0 saturated heterocycles. The number of aryl methyl sites for hydroxylation is 1. The number of aromatic nitrogens is 2. The predicted octanol–water partition coefficient (Wildman–Crippen LogP) is 4.49. The maximum atomic E-state index is 12.1. The minimum absolute atomic E-state index is 0.224. The fourth-order valence-electron chi connectivity index (χ4n) is 2.22. The fraction of sp³-hybridized carbons (Fsp3) is 0.105. The van der Waals surface area contributed by atoms with Crippen molar-refractivity contribution in [1.29, 1.82) is 0 Å². The van der Waals surface area contributed by atoms with Crippen LogP contribution in [-0.4, -0.2) is 23.0 Å². The molecular formula is C19H16ClN3O3. The predicted molar refractivity (Wildman–Crippen MR) is 99.2 cm³/mol. The zero-order chi connectivity index (χ0) is 18.5. The maximum Gasteiger partial charge on any atom is 0.274 e. The van der Waals surface area contributed by atoms with Gasteiger partial charge in [-0.3, -0.25) is 4.79 Å². The van der Waals surface area contributed by atoms with Gasteiger partial charge in [0.05, 0.1) is 19.0 Å². The Morgan fingerprint density at radius 3 is 2.65 bits per heavy atom. The van der Waals surface area contributed by atoms with Gasteiger partial charge in [-0.25, -0.2) is 9.97 Å². The summed E-state index contributed by atoms with van der Waals surface area (Å²) in [5.41, 5.74) is 1.80. The van der Waals surface area contributed by atoms with Crippen molar-refractivity contribution in [3.05, 3.63) is 71.1 Å². The number of nitrogens with zero attached hydrogens (tertiary/aromatic N) is 2. The van der Waals surface area contributed by atoms with Gasteiger partial charge in [-0.1, -0.05) is 23.7 Å². The van der Waals surface area contributed by atoms with E-state index in [0.29, 0.717) is 23.1 Å². The molecular weight excluding hydrogens is 354 g/mol. The van der Waals surface area contributed by atoms with Crippen LogP contribution < -0.4 is 14.8 Å². The van der Waals surface area contributed by atoms with Crippen molar-refractivity contribution in [3.8, 4) is 17.4 Å². The normalized spacial score (nSPS) is 10.3. The van der Waals surface area contributed by atoms with E-state index in [9.17, 15) is 4.79 Å². The number of carbonyl (C=O) groups is 1. The molecule has 1 N–H and O–H groups in total. The highest BCUT2D eigenvalue weighted by Gasteiger charge is 2.10. The van der Waals surface area contributed by atoms with E-state index >= 15 is 0 Å². The molecule has 6 nitrogen and oxygen atoms in total. The van der Waals surface area contributed by atoms with Crippen molar-refractivity contribution in [2.24, 2.45) is 0 Å². The highest BCUT2D eigenvalue weighted by molar-refractivity contribution is 6.29. The third-order valence-corrected chi connectivity index (χ3v) is 3.69. The summed E-state index contributed by atoms with van der Waals surface area (Å²) >= 11 is 5.79. The van der Waals surface area contributed by atoms with E-state index in [1.165, 1.54) is 6.20 Å². The molecule has 1 aromatic carbocycles. The highest BCUT2D eigenvalue weighted by Crippen LogP contribution is 2.31. The second-order valence-electron chi connectivity index (χ2n) is 5.44. The van der Waals surface area contributed by atoms with Gasteiger partial charge in [-0.2, -0.15) is 0 Å². The molecule has 26 heavy (non-hydrogen) atoms. The second-order valence-corrected chi connectivity index (χ2v) is 5.83. The molecule has 3 rings (SSSR count). The Morgan fingerprint density at radius 1 is 1.12 bits per heavy atom. The van der Waals surface area contributed by atoms with Crippen LogP contribution in [0.25, 0.3) is 0 Å². The molecule has 7 heteroatoms. The Balaban J connectivity index is 1.70. The Bertz CT molecular complexity index is 930. The Morgan fingerprint density at radius 2 is 1.96 bits per heavy atom. The molecule has 0 fully saturated rings. The van der Waals surface area contributed by atoms with Crippen molar-refractivity contribution in [2.45, 2.75) is 6.92 Å². The van der Waals surface area contributed by atoms with Crippen molar-refractivity contribution >= 4 is 23.2 Å². The lowest BCUT2D eigenvalue weighted by molar-refractivity contribution is 0.102. The van der Waals surface area contributed by atoms with Gasteiger partial charge in [0.25, 0.3) is 5.91 Å². The Labute approximate surface area is 155 Å². The largest absolute Gasteiger partial charge is 0.493 e. The van der Waals surface area contributed by atoms with Gasteiger partial charge in [0.1, 0.15) is 10.8 Å². The van der Waals surface area contributed by atoms with Crippen LogP contribution in [0.4, 0.5) is 5.69 Å². The van der Waals surface area contributed by atoms with Crippen LogP contribution in [0.1, 0.15) is 16.1 Å². The number of anilines is 1. The van der Waals surface area contributed by atoms with E-state index in [1.807, 2.05) is 25.1 Å². The number of methoxy groups -OCH3 is 1. The first-order chi connectivity index (χ1) is 12.5. The topological polar surface area (TPSA) is 73.3 Å². The third-order valence-electron chi connectivity index (χ3n) is 3.48. The first kappa shape index (κ1) is 17.7. The minimum Gasteiger partial charge on any atom is -0.493 e. The number of pyridine rings is 2. The maximum absolute atomic E-state index is 12.1. The summed E-state index contributed by atoms with van der Waals surface area (Å²) < 4.78 is 11.0. The summed E-state index contributed by atoms with van der Waals surface area (Å²) in [6, 6.07) is 13.8. The van der Waals surface area contributed by atoms with Gasteiger partial charge in [-0.05, 0) is 42.8 Å². The second kappa shape index (κ2) is 7.84. The Kier molecular flexibility index (Phi) is 5.34. The van der Waals surface area contributed by atoms with E-state index in [-0.39, 0.29) is 16.8 Å². The summed E-state index contributed by atoms with van der Waals surface area (Å²) in [7, 11) is 1.58. The molecule has 0 unspecified atom stereocenters. The molecule has 0 atom stereocenters. The third kappa shape index (κ3) is 4.29. The summed E-state index contributed by atoms with van der Waals surface area (Å²) in [5.74, 6) is 1.19. The number of nitrogens with one attached hydrogen (secondary N) is 1. The van der Waals surface area contributed by atoms with Crippen LogP contribution in [-0.2, 0) is 0 Å². The van der Waals surface area contributed by atoms with E-state index in [4.69, 9.17) is 21.1 Å². The first-order valence-electron chi connectivity index (χ1n) is 7.77. The smallest absolute Gasteiger partial charge is 0.274 e. The molecule has 0 bridgehead atoms. The summed E-state index contributed by atoms with van der Waals surface area (Å²) in [6.45, 7) is 1.97. The lowest BCUT2D eigenvalue weighted by atomic mass is 10.2. The number of ether oxygens (including phenoxy) is 2. The van der Waals surface area contributed by atoms with Gasteiger partial charge in [-0.15, -0.1) is 0 Å². The molecule has 1 amide bonds. The fourth-order valence-corrected chi connectivity index (χ4v) is 2.38. The van der Waals surface area contributed by atoms with Gasteiger partial charge in [0.15, 0.2) is 11.5 Å². The lowest BCUT2D eigenvalue weighted by Gasteiger charge is -2.11. The number of hydrogen-bond donors (Lipinski definition) is 1. The molecule has 0 spiro atoms. The summed E-state index contributed by atoms with van der Waals surface area (Å²) in [6.07, 6.45) is 1.50. The van der Waals surface area contributed by atoms with Gasteiger partial charge >= 0.3 is 0 Å². The molecule has 0 aliphatic rings. The zero-order valence-corrected chi connectivity index (χ0v) is 14.9. The van der Waals surface area contributed by atoms with Crippen molar-refractivity contribution < 1.29 is 14.3 Å². The number of carbonyl (C=O) groups excluding carboxylic acids is 1. The first-order valence-corrected chi connectivity index (χ1v) is 8.15. The van der Waals surface area contributed by atoms with Gasteiger partial charge < -0.3 is 14.8 Å². The van der Waals surface area contributed by atoms with Crippen LogP contribution >= 0.6 is 11.6 Å². The van der Waals surface area contributed by atoms with E-state index in [2.05, 4.69) is 15.3 Å².